The van der Waals surface area contributed by atoms with E-state index in [4.69, 9.17) is 0 Å². The zero-order valence-corrected chi connectivity index (χ0v) is 12.6. The van der Waals surface area contributed by atoms with Crippen LogP contribution < -0.4 is 5.69 Å². The van der Waals surface area contributed by atoms with Crippen LogP contribution in [0.15, 0.2) is 65.6 Å². The van der Waals surface area contributed by atoms with Crippen LogP contribution in [0.4, 0.5) is 0 Å². The van der Waals surface area contributed by atoms with E-state index in [-0.39, 0.29) is 5.69 Å². The summed E-state index contributed by atoms with van der Waals surface area (Å²) in [6.45, 7) is 2.14. The monoisotopic (exact) mass is 290 g/mol. The van der Waals surface area contributed by atoms with Gasteiger partial charge < -0.3 is 0 Å². The highest BCUT2D eigenvalue weighted by Gasteiger charge is 2.05. The maximum Gasteiger partial charge on any atom is 0.352 e. The number of hydrogen-bond acceptors (Lipinski definition) is 2. The molecule has 0 saturated carbocycles. The molecule has 0 N–H and O–H groups in total. The molecule has 0 aliphatic rings. The predicted molar refractivity (Wildman–Crippen MR) is 91.5 cm³/mol. The number of nitrogens with zero attached hydrogens (tertiary/aromatic N) is 2. The van der Waals surface area contributed by atoms with Gasteiger partial charge in [-0.15, -0.1) is 0 Å². The van der Waals surface area contributed by atoms with Gasteiger partial charge >= 0.3 is 5.69 Å². The van der Waals surface area contributed by atoms with E-state index in [1.54, 1.807) is 10.8 Å². The summed E-state index contributed by atoms with van der Waals surface area (Å²) in [5.41, 5.74) is 2.92. The Morgan fingerprint density at radius 1 is 1.09 bits per heavy atom. The SMILES string of the molecule is CCCC(=Cn1c(=O)ncc2ccccc21)c1ccccc1. The Labute approximate surface area is 129 Å². The van der Waals surface area contributed by atoms with Gasteiger partial charge in [-0.3, -0.25) is 4.57 Å². The van der Waals surface area contributed by atoms with Crippen LogP contribution in [0.3, 0.4) is 0 Å². The number of allylic oxidation sites excluding steroid dienone is 1. The quantitative estimate of drug-likeness (QED) is 0.722. The van der Waals surface area contributed by atoms with Crippen molar-refractivity contribution in [2.45, 2.75) is 19.8 Å². The fourth-order valence-corrected chi connectivity index (χ4v) is 2.59. The molecule has 1 heterocycles. The molecule has 2 aromatic carbocycles. The van der Waals surface area contributed by atoms with Crippen LogP contribution >= 0.6 is 0 Å². The molecule has 0 radical (unpaired) electrons. The first-order valence-electron chi connectivity index (χ1n) is 7.52. The molecular formula is C19H18N2O. The first kappa shape index (κ1) is 14.3. The molecule has 22 heavy (non-hydrogen) atoms. The van der Waals surface area contributed by atoms with E-state index in [1.165, 1.54) is 0 Å². The summed E-state index contributed by atoms with van der Waals surface area (Å²) in [7, 11) is 0. The Balaban J connectivity index is 2.21. The molecule has 0 fully saturated rings. The lowest BCUT2D eigenvalue weighted by atomic mass is 10.0. The highest BCUT2D eigenvalue weighted by Crippen LogP contribution is 2.21. The molecule has 0 saturated heterocycles. The fourth-order valence-electron chi connectivity index (χ4n) is 2.59. The molecular weight excluding hydrogens is 272 g/mol. The zero-order chi connectivity index (χ0) is 15.4. The van der Waals surface area contributed by atoms with Crippen LogP contribution in [-0.2, 0) is 0 Å². The molecule has 0 aliphatic carbocycles. The molecule has 0 unspecified atom stereocenters. The summed E-state index contributed by atoms with van der Waals surface area (Å²) in [6.07, 6.45) is 5.49. The maximum absolute atomic E-state index is 12.2. The minimum Gasteiger partial charge on any atom is -0.267 e. The van der Waals surface area contributed by atoms with Gasteiger partial charge in [-0.05, 0) is 23.6 Å². The third kappa shape index (κ3) is 2.84. The van der Waals surface area contributed by atoms with E-state index in [9.17, 15) is 4.79 Å². The third-order valence-electron chi connectivity index (χ3n) is 3.67. The van der Waals surface area contributed by atoms with Gasteiger partial charge in [0.15, 0.2) is 0 Å². The summed E-state index contributed by atoms with van der Waals surface area (Å²) >= 11 is 0. The summed E-state index contributed by atoms with van der Waals surface area (Å²) in [6, 6.07) is 18.0. The van der Waals surface area contributed by atoms with Gasteiger partial charge in [-0.25, -0.2) is 9.78 Å². The van der Waals surface area contributed by atoms with Crippen LogP contribution in [0.25, 0.3) is 22.7 Å². The van der Waals surface area contributed by atoms with Crippen molar-refractivity contribution in [1.82, 2.24) is 9.55 Å². The van der Waals surface area contributed by atoms with Gasteiger partial charge in [0.2, 0.25) is 0 Å². The van der Waals surface area contributed by atoms with E-state index in [2.05, 4.69) is 24.0 Å². The van der Waals surface area contributed by atoms with Gasteiger partial charge in [0.05, 0.1) is 5.52 Å². The number of benzene rings is 2. The number of aromatic nitrogens is 2. The van der Waals surface area contributed by atoms with Crippen molar-refractivity contribution in [3.8, 4) is 0 Å². The van der Waals surface area contributed by atoms with Gasteiger partial charge in [-0.2, -0.15) is 0 Å². The summed E-state index contributed by atoms with van der Waals surface area (Å²) in [4.78, 5) is 16.2. The van der Waals surface area contributed by atoms with Crippen molar-refractivity contribution in [2.75, 3.05) is 0 Å². The Morgan fingerprint density at radius 3 is 2.59 bits per heavy atom. The van der Waals surface area contributed by atoms with Gasteiger partial charge in [0.1, 0.15) is 0 Å². The summed E-state index contributed by atoms with van der Waals surface area (Å²) < 4.78 is 1.65. The topological polar surface area (TPSA) is 34.9 Å². The van der Waals surface area contributed by atoms with E-state index in [1.807, 2.05) is 48.7 Å². The third-order valence-corrected chi connectivity index (χ3v) is 3.67. The smallest absolute Gasteiger partial charge is 0.267 e. The average Bonchev–Trinajstić information content (AvgIpc) is 2.57. The van der Waals surface area contributed by atoms with E-state index < -0.39 is 0 Å². The average molecular weight is 290 g/mol. The Hall–Kier alpha value is -2.68. The minimum atomic E-state index is -0.247. The molecule has 0 atom stereocenters. The van der Waals surface area contributed by atoms with Gasteiger partial charge in [-0.1, -0.05) is 61.9 Å². The standard InChI is InChI=1S/C19H18N2O/c1-2-8-17(15-9-4-3-5-10-15)14-21-18-12-7-6-11-16(18)13-20-19(21)22/h3-7,9-14H,2,8H2,1H3. The number of para-hydroxylation sites is 1. The molecule has 0 aliphatic heterocycles. The lowest BCUT2D eigenvalue weighted by molar-refractivity contribution is 0.960. The lowest BCUT2D eigenvalue weighted by Gasteiger charge is -2.10. The van der Waals surface area contributed by atoms with Crippen LogP contribution in [-0.4, -0.2) is 9.55 Å². The molecule has 3 nitrogen and oxygen atoms in total. The highest BCUT2D eigenvalue weighted by molar-refractivity contribution is 5.83. The highest BCUT2D eigenvalue weighted by atomic mass is 16.1. The van der Waals surface area contributed by atoms with Crippen LogP contribution in [0.5, 0.6) is 0 Å². The molecule has 3 rings (SSSR count). The molecule has 3 aromatic rings. The Morgan fingerprint density at radius 2 is 1.82 bits per heavy atom. The number of rotatable bonds is 4. The first-order chi connectivity index (χ1) is 10.8. The van der Waals surface area contributed by atoms with Crippen LogP contribution in [0.1, 0.15) is 25.3 Å². The van der Waals surface area contributed by atoms with Gasteiger partial charge in [0.25, 0.3) is 0 Å². The van der Waals surface area contributed by atoms with Crippen molar-refractivity contribution < 1.29 is 0 Å². The summed E-state index contributed by atoms with van der Waals surface area (Å²) in [5.74, 6) is 0. The minimum absolute atomic E-state index is 0.247. The second kappa shape index (κ2) is 6.39. The second-order valence-electron chi connectivity index (χ2n) is 5.24. The van der Waals surface area contributed by atoms with Crippen molar-refractivity contribution in [1.29, 1.82) is 0 Å². The molecule has 110 valence electrons. The first-order valence-corrected chi connectivity index (χ1v) is 7.52. The Kier molecular flexibility index (Phi) is 4.15. The van der Waals surface area contributed by atoms with Gasteiger partial charge in [0, 0.05) is 17.8 Å². The predicted octanol–water partition coefficient (Wildman–Crippen LogP) is 4.19. The lowest BCUT2D eigenvalue weighted by Crippen LogP contribution is -2.18. The molecule has 0 bridgehead atoms. The summed E-state index contributed by atoms with van der Waals surface area (Å²) in [5, 5.41) is 0.960. The van der Waals surface area contributed by atoms with E-state index >= 15 is 0 Å². The largest absolute Gasteiger partial charge is 0.352 e. The normalized spacial score (nSPS) is 11.8. The maximum atomic E-state index is 12.2. The molecule has 0 amide bonds. The zero-order valence-electron chi connectivity index (χ0n) is 12.6. The van der Waals surface area contributed by atoms with Crippen molar-refractivity contribution in [3.05, 3.63) is 76.8 Å². The van der Waals surface area contributed by atoms with Crippen molar-refractivity contribution >= 4 is 22.7 Å². The molecule has 0 spiro atoms. The molecule has 3 heteroatoms. The van der Waals surface area contributed by atoms with E-state index in [0.717, 1.165) is 34.9 Å². The van der Waals surface area contributed by atoms with Crippen LogP contribution in [0.2, 0.25) is 0 Å². The van der Waals surface area contributed by atoms with Crippen molar-refractivity contribution in [3.63, 3.8) is 0 Å². The fraction of sp³-hybridized carbons (Fsp3) is 0.158. The number of fused-ring (bicyclic) bond motifs is 1. The van der Waals surface area contributed by atoms with Crippen LogP contribution in [0, 0.1) is 0 Å². The second-order valence-corrected chi connectivity index (χ2v) is 5.24. The molecule has 1 aromatic heterocycles. The number of hydrogen-bond donors (Lipinski definition) is 0. The van der Waals surface area contributed by atoms with Crippen molar-refractivity contribution in [2.24, 2.45) is 0 Å². The Bertz CT molecular complexity index is 863. The van der Waals surface area contributed by atoms with E-state index in [0.29, 0.717) is 0 Å².